The lowest BCUT2D eigenvalue weighted by atomic mass is 10.1. The Morgan fingerprint density at radius 2 is 1.89 bits per heavy atom. The fraction of sp³-hybridized carbons (Fsp3) is 0.286. The molecular weight excluding hydrogens is 240 g/mol. The third-order valence-electron chi connectivity index (χ3n) is 3.12. The maximum Gasteiger partial charge on any atom is 0.165 e. The van der Waals surface area contributed by atoms with E-state index in [-0.39, 0.29) is 0 Å². The number of nitrogens with zero attached hydrogens (tertiary/aromatic N) is 2. The van der Waals surface area contributed by atoms with E-state index in [0.717, 1.165) is 28.1 Å². The van der Waals surface area contributed by atoms with Crippen LogP contribution in [0.15, 0.2) is 18.2 Å². The van der Waals surface area contributed by atoms with E-state index in [4.69, 9.17) is 10.6 Å². The van der Waals surface area contributed by atoms with E-state index < -0.39 is 0 Å². The zero-order valence-corrected chi connectivity index (χ0v) is 11.6. The predicted molar refractivity (Wildman–Crippen MR) is 76.0 cm³/mol. The van der Waals surface area contributed by atoms with Crippen LogP contribution in [0.1, 0.15) is 16.8 Å². The lowest BCUT2D eigenvalue weighted by molar-refractivity contribution is 0.416. The number of rotatable bonds is 3. The summed E-state index contributed by atoms with van der Waals surface area (Å²) in [4.78, 5) is 8.94. The minimum atomic E-state index is 0.605. The molecule has 3 N–H and O–H groups in total. The summed E-state index contributed by atoms with van der Waals surface area (Å²) in [7, 11) is 1.64. The van der Waals surface area contributed by atoms with Crippen LogP contribution in [0.3, 0.4) is 0 Å². The van der Waals surface area contributed by atoms with Crippen molar-refractivity contribution in [3.63, 3.8) is 0 Å². The van der Waals surface area contributed by atoms with Crippen LogP contribution in [0.5, 0.6) is 5.75 Å². The Bertz CT molecular complexity index is 611. The molecule has 0 unspecified atom stereocenters. The first kappa shape index (κ1) is 13.3. The molecule has 2 aromatic rings. The molecule has 0 radical (unpaired) electrons. The highest BCUT2D eigenvalue weighted by atomic mass is 16.5. The summed E-state index contributed by atoms with van der Waals surface area (Å²) < 4.78 is 5.39. The number of benzene rings is 1. The summed E-state index contributed by atoms with van der Waals surface area (Å²) in [5.41, 5.74) is 6.42. The number of nitrogens with one attached hydrogen (secondary N) is 1. The minimum Gasteiger partial charge on any atom is -0.496 e. The lowest BCUT2D eigenvalue weighted by Gasteiger charge is -2.12. The van der Waals surface area contributed by atoms with Crippen LogP contribution in [0.25, 0.3) is 11.4 Å². The molecule has 5 nitrogen and oxygen atoms in total. The van der Waals surface area contributed by atoms with Gasteiger partial charge in [0.2, 0.25) is 0 Å². The van der Waals surface area contributed by atoms with Gasteiger partial charge in [0.1, 0.15) is 11.6 Å². The van der Waals surface area contributed by atoms with Gasteiger partial charge >= 0.3 is 0 Å². The molecule has 0 aliphatic rings. The Hall–Kier alpha value is -2.14. The zero-order chi connectivity index (χ0) is 14.0. The summed E-state index contributed by atoms with van der Waals surface area (Å²) in [6.07, 6.45) is 0. The van der Waals surface area contributed by atoms with Gasteiger partial charge in [-0.15, -0.1) is 0 Å². The molecular formula is C14H18N4O. The molecule has 0 amide bonds. The molecule has 0 bridgehead atoms. The first-order chi connectivity index (χ1) is 9.06. The van der Waals surface area contributed by atoms with Crippen LogP contribution in [0.4, 0.5) is 5.82 Å². The van der Waals surface area contributed by atoms with E-state index in [9.17, 15) is 0 Å². The van der Waals surface area contributed by atoms with Gasteiger partial charge < -0.3 is 10.2 Å². The van der Waals surface area contributed by atoms with E-state index in [1.165, 1.54) is 0 Å². The Balaban J connectivity index is 2.62. The average molecular weight is 258 g/mol. The quantitative estimate of drug-likeness (QED) is 0.653. The first-order valence-corrected chi connectivity index (χ1v) is 6.03. The van der Waals surface area contributed by atoms with Crippen LogP contribution >= 0.6 is 0 Å². The number of methoxy groups -OCH3 is 1. The highest BCUT2D eigenvalue weighted by Crippen LogP contribution is 2.30. The van der Waals surface area contributed by atoms with Gasteiger partial charge in [0.05, 0.1) is 12.7 Å². The number of hydrogen-bond acceptors (Lipinski definition) is 5. The van der Waals surface area contributed by atoms with E-state index in [1.807, 2.05) is 39.0 Å². The number of nitrogen functional groups attached to an aromatic ring is 1. The van der Waals surface area contributed by atoms with Gasteiger partial charge in [-0.1, -0.05) is 6.07 Å². The third kappa shape index (κ3) is 2.51. The summed E-state index contributed by atoms with van der Waals surface area (Å²) in [5.74, 6) is 7.48. The number of nitrogens with two attached hydrogens (primary N) is 1. The molecule has 1 aromatic carbocycles. The standard InChI is InChI=1S/C14H18N4O/c1-8-5-6-11(12(7-8)19-4)14-16-10(3)9(2)13(17-14)18-15/h5-7H,15H2,1-4H3,(H,16,17,18). The van der Waals surface area contributed by atoms with Gasteiger partial charge in [-0.25, -0.2) is 15.8 Å². The van der Waals surface area contributed by atoms with Crippen molar-refractivity contribution >= 4 is 5.82 Å². The van der Waals surface area contributed by atoms with Gasteiger partial charge in [0.25, 0.3) is 0 Å². The number of aryl methyl sites for hydroxylation is 2. The van der Waals surface area contributed by atoms with Gasteiger partial charge in [0.15, 0.2) is 5.82 Å². The van der Waals surface area contributed by atoms with Crippen molar-refractivity contribution in [1.29, 1.82) is 0 Å². The maximum atomic E-state index is 5.49. The molecule has 1 aromatic heterocycles. The molecule has 100 valence electrons. The second-order valence-electron chi connectivity index (χ2n) is 4.45. The fourth-order valence-electron chi connectivity index (χ4n) is 1.87. The minimum absolute atomic E-state index is 0.605. The summed E-state index contributed by atoms with van der Waals surface area (Å²) in [6.45, 7) is 5.88. The van der Waals surface area contributed by atoms with Crippen molar-refractivity contribution in [1.82, 2.24) is 9.97 Å². The van der Waals surface area contributed by atoms with Gasteiger partial charge in [-0.05, 0) is 38.5 Å². The summed E-state index contributed by atoms with van der Waals surface area (Å²) in [5, 5.41) is 0. The molecule has 0 aliphatic heterocycles. The Morgan fingerprint density at radius 1 is 1.16 bits per heavy atom. The number of ether oxygens (including phenoxy) is 1. The van der Waals surface area contributed by atoms with Crippen LogP contribution in [0, 0.1) is 20.8 Å². The van der Waals surface area contributed by atoms with Gasteiger partial charge in [0, 0.05) is 11.3 Å². The van der Waals surface area contributed by atoms with Crippen molar-refractivity contribution in [2.75, 3.05) is 12.5 Å². The second kappa shape index (κ2) is 5.24. The van der Waals surface area contributed by atoms with Crippen LogP contribution in [0.2, 0.25) is 0 Å². The lowest BCUT2D eigenvalue weighted by Crippen LogP contribution is -2.12. The van der Waals surface area contributed by atoms with E-state index in [2.05, 4.69) is 15.4 Å². The number of hydrogen-bond donors (Lipinski definition) is 2. The topological polar surface area (TPSA) is 73.1 Å². The SMILES string of the molecule is COc1cc(C)ccc1-c1nc(C)c(C)c(NN)n1. The molecule has 0 saturated heterocycles. The van der Waals surface area contributed by atoms with Crippen molar-refractivity contribution in [2.24, 2.45) is 5.84 Å². The molecule has 0 spiro atoms. The van der Waals surface area contributed by atoms with Crippen molar-refractivity contribution in [2.45, 2.75) is 20.8 Å². The number of anilines is 1. The Labute approximate surface area is 112 Å². The monoisotopic (exact) mass is 258 g/mol. The molecule has 0 atom stereocenters. The molecule has 5 heteroatoms. The van der Waals surface area contributed by atoms with Gasteiger partial charge in [-0.3, -0.25) is 0 Å². The van der Waals surface area contributed by atoms with Crippen molar-refractivity contribution in [3.8, 4) is 17.1 Å². The van der Waals surface area contributed by atoms with Crippen LogP contribution in [-0.2, 0) is 0 Å². The van der Waals surface area contributed by atoms with Crippen LogP contribution < -0.4 is 16.0 Å². The summed E-state index contributed by atoms with van der Waals surface area (Å²) >= 11 is 0. The van der Waals surface area contributed by atoms with E-state index in [0.29, 0.717) is 11.6 Å². The molecule has 0 aliphatic carbocycles. The Morgan fingerprint density at radius 3 is 2.53 bits per heavy atom. The number of aromatic nitrogens is 2. The number of hydrazine groups is 1. The van der Waals surface area contributed by atoms with Crippen molar-refractivity contribution < 1.29 is 4.74 Å². The average Bonchev–Trinajstić information content (AvgIpc) is 2.41. The smallest absolute Gasteiger partial charge is 0.165 e. The molecule has 1 heterocycles. The van der Waals surface area contributed by atoms with Crippen LogP contribution in [-0.4, -0.2) is 17.1 Å². The largest absolute Gasteiger partial charge is 0.496 e. The third-order valence-corrected chi connectivity index (χ3v) is 3.12. The maximum absolute atomic E-state index is 5.49. The van der Waals surface area contributed by atoms with Crippen molar-refractivity contribution in [3.05, 3.63) is 35.0 Å². The fourth-order valence-corrected chi connectivity index (χ4v) is 1.87. The highest BCUT2D eigenvalue weighted by Gasteiger charge is 2.12. The molecule has 0 fully saturated rings. The first-order valence-electron chi connectivity index (χ1n) is 6.03. The predicted octanol–water partition coefficient (Wildman–Crippen LogP) is 2.36. The van der Waals surface area contributed by atoms with E-state index >= 15 is 0 Å². The van der Waals surface area contributed by atoms with Gasteiger partial charge in [-0.2, -0.15) is 0 Å². The molecule has 2 rings (SSSR count). The molecule has 0 saturated carbocycles. The zero-order valence-electron chi connectivity index (χ0n) is 11.6. The second-order valence-corrected chi connectivity index (χ2v) is 4.45. The normalized spacial score (nSPS) is 10.4. The van der Waals surface area contributed by atoms with E-state index in [1.54, 1.807) is 7.11 Å². The Kier molecular flexibility index (Phi) is 3.66. The summed E-state index contributed by atoms with van der Waals surface area (Å²) in [6, 6.07) is 5.92. The highest BCUT2D eigenvalue weighted by molar-refractivity contribution is 5.67. The molecule has 19 heavy (non-hydrogen) atoms.